The smallest absolute Gasteiger partial charge is 0.119 e. The topological polar surface area (TPSA) is 25.0 Å². The van der Waals surface area contributed by atoms with Crippen LogP contribution in [-0.2, 0) is 6.42 Å². The molecule has 1 aromatic heterocycles. The van der Waals surface area contributed by atoms with Gasteiger partial charge in [0.2, 0.25) is 0 Å². The van der Waals surface area contributed by atoms with E-state index in [1.165, 1.54) is 22.2 Å². The fraction of sp³-hybridized carbons (Fsp3) is 0.467. The predicted molar refractivity (Wildman–Crippen MR) is 72.7 cm³/mol. The summed E-state index contributed by atoms with van der Waals surface area (Å²) in [5.74, 6) is 0.923. The molecule has 1 heterocycles. The zero-order chi connectivity index (χ0) is 12.6. The van der Waals surface area contributed by atoms with E-state index in [9.17, 15) is 0 Å². The average Bonchev–Trinajstić information content (AvgIpc) is 2.53. The van der Waals surface area contributed by atoms with Gasteiger partial charge >= 0.3 is 0 Å². The van der Waals surface area contributed by atoms with Gasteiger partial charge in [0.1, 0.15) is 5.75 Å². The number of aromatic nitrogens is 1. The molecule has 0 radical (unpaired) electrons. The summed E-state index contributed by atoms with van der Waals surface area (Å²) in [6.07, 6.45) is 1.08. The van der Waals surface area contributed by atoms with Crippen molar-refractivity contribution >= 4 is 10.9 Å². The molecule has 0 aliphatic carbocycles. The monoisotopic (exact) mass is 231 g/mol. The zero-order valence-corrected chi connectivity index (χ0v) is 11.3. The standard InChI is InChI=1S/C15H21NO/c1-10-13(9-15(2,3)4)12-8-11(17-5)6-7-14(12)16-10/h6-8,16H,9H2,1-5H3. The van der Waals surface area contributed by atoms with Crippen molar-refractivity contribution in [3.63, 3.8) is 0 Å². The number of nitrogens with one attached hydrogen (secondary N) is 1. The van der Waals surface area contributed by atoms with Gasteiger partial charge in [-0.1, -0.05) is 20.8 Å². The van der Waals surface area contributed by atoms with E-state index in [2.05, 4.69) is 44.8 Å². The molecule has 2 heteroatoms. The quantitative estimate of drug-likeness (QED) is 0.828. The van der Waals surface area contributed by atoms with Gasteiger partial charge in [0.05, 0.1) is 7.11 Å². The first-order valence-electron chi connectivity index (χ1n) is 6.06. The van der Waals surface area contributed by atoms with Crippen LogP contribution in [0, 0.1) is 12.3 Å². The fourth-order valence-corrected chi connectivity index (χ4v) is 2.25. The van der Waals surface area contributed by atoms with Crippen LogP contribution in [0.3, 0.4) is 0 Å². The Morgan fingerprint density at radius 3 is 2.53 bits per heavy atom. The van der Waals surface area contributed by atoms with Gasteiger partial charge in [-0.15, -0.1) is 0 Å². The Labute approximate surface area is 103 Å². The number of methoxy groups -OCH3 is 1. The average molecular weight is 231 g/mol. The van der Waals surface area contributed by atoms with E-state index in [1.54, 1.807) is 7.11 Å². The van der Waals surface area contributed by atoms with Gasteiger partial charge in [0, 0.05) is 16.6 Å². The largest absolute Gasteiger partial charge is 0.497 e. The number of fused-ring (bicyclic) bond motifs is 1. The first kappa shape index (κ1) is 12.0. The molecule has 2 rings (SSSR count). The van der Waals surface area contributed by atoms with Gasteiger partial charge in [-0.3, -0.25) is 0 Å². The molecular formula is C15H21NO. The number of hydrogen-bond donors (Lipinski definition) is 1. The fourth-order valence-electron chi connectivity index (χ4n) is 2.25. The summed E-state index contributed by atoms with van der Waals surface area (Å²) in [6.45, 7) is 8.95. The number of aryl methyl sites for hydroxylation is 1. The van der Waals surface area contributed by atoms with Crippen LogP contribution >= 0.6 is 0 Å². The van der Waals surface area contributed by atoms with Crippen LogP contribution in [0.5, 0.6) is 5.75 Å². The third kappa shape index (κ3) is 2.46. The molecule has 92 valence electrons. The summed E-state index contributed by atoms with van der Waals surface area (Å²) in [5, 5.41) is 1.29. The Balaban J connectivity index is 2.56. The second-order valence-corrected chi connectivity index (χ2v) is 5.88. The zero-order valence-electron chi connectivity index (χ0n) is 11.3. The molecule has 0 aliphatic rings. The summed E-state index contributed by atoms with van der Waals surface area (Å²) in [5.41, 5.74) is 4.17. The van der Waals surface area contributed by atoms with Crippen molar-refractivity contribution in [3.05, 3.63) is 29.5 Å². The Morgan fingerprint density at radius 1 is 1.24 bits per heavy atom. The van der Waals surface area contributed by atoms with E-state index < -0.39 is 0 Å². The third-order valence-electron chi connectivity index (χ3n) is 3.03. The maximum Gasteiger partial charge on any atom is 0.119 e. The number of aromatic amines is 1. The van der Waals surface area contributed by atoms with E-state index >= 15 is 0 Å². The maximum atomic E-state index is 5.30. The first-order chi connectivity index (χ1) is 7.90. The van der Waals surface area contributed by atoms with Crippen molar-refractivity contribution < 1.29 is 4.74 Å². The number of hydrogen-bond acceptors (Lipinski definition) is 1. The highest BCUT2D eigenvalue weighted by Crippen LogP contribution is 2.31. The van der Waals surface area contributed by atoms with E-state index in [0.717, 1.165) is 12.2 Å². The molecule has 0 saturated heterocycles. The van der Waals surface area contributed by atoms with Gasteiger partial charge < -0.3 is 9.72 Å². The van der Waals surface area contributed by atoms with Crippen molar-refractivity contribution in [2.45, 2.75) is 34.1 Å². The molecule has 0 unspecified atom stereocenters. The second kappa shape index (κ2) is 4.10. The van der Waals surface area contributed by atoms with Crippen LogP contribution in [0.2, 0.25) is 0 Å². The Kier molecular flexibility index (Phi) is 2.90. The Bertz CT molecular complexity index is 532. The van der Waals surface area contributed by atoms with Crippen molar-refractivity contribution in [1.29, 1.82) is 0 Å². The number of rotatable bonds is 2. The van der Waals surface area contributed by atoms with E-state index in [0.29, 0.717) is 5.41 Å². The highest BCUT2D eigenvalue weighted by Gasteiger charge is 2.17. The number of H-pyrrole nitrogens is 1. The van der Waals surface area contributed by atoms with E-state index in [1.807, 2.05) is 6.07 Å². The van der Waals surface area contributed by atoms with Gasteiger partial charge in [0.25, 0.3) is 0 Å². The number of benzene rings is 1. The summed E-state index contributed by atoms with van der Waals surface area (Å²) in [6, 6.07) is 6.21. The van der Waals surface area contributed by atoms with Gasteiger partial charge in [-0.05, 0) is 42.5 Å². The lowest BCUT2D eigenvalue weighted by atomic mass is 9.87. The normalized spacial score (nSPS) is 12.1. The molecule has 0 amide bonds. The molecule has 0 aliphatic heterocycles. The highest BCUT2D eigenvalue weighted by atomic mass is 16.5. The van der Waals surface area contributed by atoms with Crippen LogP contribution in [-0.4, -0.2) is 12.1 Å². The molecule has 0 spiro atoms. The molecule has 17 heavy (non-hydrogen) atoms. The Morgan fingerprint density at radius 2 is 1.94 bits per heavy atom. The minimum absolute atomic E-state index is 0.295. The van der Waals surface area contributed by atoms with Crippen LogP contribution in [0.4, 0.5) is 0 Å². The van der Waals surface area contributed by atoms with Crippen LogP contribution in [0.1, 0.15) is 32.0 Å². The minimum Gasteiger partial charge on any atom is -0.497 e. The van der Waals surface area contributed by atoms with Gasteiger partial charge in [-0.25, -0.2) is 0 Å². The summed E-state index contributed by atoms with van der Waals surface area (Å²) >= 11 is 0. The van der Waals surface area contributed by atoms with E-state index in [-0.39, 0.29) is 0 Å². The van der Waals surface area contributed by atoms with E-state index in [4.69, 9.17) is 4.74 Å². The van der Waals surface area contributed by atoms with Crippen molar-refractivity contribution in [2.75, 3.05) is 7.11 Å². The number of ether oxygens (including phenoxy) is 1. The van der Waals surface area contributed by atoms with Crippen molar-refractivity contribution in [2.24, 2.45) is 5.41 Å². The van der Waals surface area contributed by atoms with Crippen LogP contribution in [0.25, 0.3) is 10.9 Å². The lowest BCUT2D eigenvalue weighted by Crippen LogP contribution is -2.09. The molecule has 0 saturated carbocycles. The third-order valence-corrected chi connectivity index (χ3v) is 3.03. The Hall–Kier alpha value is -1.44. The highest BCUT2D eigenvalue weighted by molar-refractivity contribution is 5.86. The predicted octanol–water partition coefficient (Wildman–Crippen LogP) is 4.07. The molecular weight excluding hydrogens is 210 g/mol. The first-order valence-corrected chi connectivity index (χ1v) is 6.06. The molecule has 1 N–H and O–H groups in total. The summed E-state index contributed by atoms with van der Waals surface area (Å²) in [4.78, 5) is 3.45. The second-order valence-electron chi connectivity index (χ2n) is 5.88. The molecule has 0 fully saturated rings. The SMILES string of the molecule is COc1ccc2[nH]c(C)c(CC(C)(C)C)c2c1. The van der Waals surface area contributed by atoms with Crippen LogP contribution in [0.15, 0.2) is 18.2 Å². The molecule has 2 nitrogen and oxygen atoms in total. The maximum absolute atomic E-state index is 5.30. The molecule has 1 aromatic carbocycles. The minimum atomic E-state index is 0.295. The molecule has 2 aromatic rings. The molecule has 0 bridgehead atoms. The van der Waals surface area contributed by atoms with Gasteiger partial charge in [0.15, 0.2) is 0 Å². The van der Waals surface area contributed by atoms with Crippen molar-refractivity contribution in [3.8, 4) is 5.75 Å². The molecule has 0 atom stereocenters. The summed E-state index contributed by atoms with van der Waals surface area (Å²) < 4.78 is 5.30. The summed E-state index contributed by atoms with van der Waals surface area (Å²) in [7, 11) is 1.71. The van der Waals surface area contributed by atoms with Gasteiger partial charge in [-0.2, -0.15) is 0 Å². The van der Waals surface area contributed by atoms with Crippen LogP contribution < -0.4 is 4.74 Å². The lowest BCUT2D eigenvalue weighted by molar-refractivity contribution is 0.410. The van der Waals surface area contributed by atoms with Crippen molar-refractivity contribution in [1.82, 2.24) is 4.98 Å². The lowest BCUT2D eigenvalue weighted by Gasteiger charge is -2.18.